The van der Waals surface area contributed by atoms with Gasteiger partial charge >= 0.3 is 0 Å². The normalized spacial score (nSPS) is 16.1. The van der Waals surface area contributed by atoms with Gasteiger partial charge in [0.05, 0.1) is 12.3 Å². The van der Waals surface area contributed by atoms with Crippen LogP contribution in [0.15, 0.2) is 53.7 Å². The number of benzene rings is 2. The van der Waals surface area contributed by atoms with E-state index >= 15 is 0 Å². The molecule has 0 aromatic heterocycles. The summed E-state index contributed by atoms with van der Waals surface area (Å²) in [7, 11) is 0. The van der Waals surface area contributed by atoms with Crippen LogP contribution in [0.25, 0.3) is 0 Å². The van der Waals surface area contributed by atoms with Crippen LogP contribution in [0.4, 0.5) is 4.39 Å². The van der Waals surface area contributed by atoms with Gasteiger partial charge in [-0.05, 0) is 35.4 Å². The predicted octanol–water partition coefficient (Wildman–Crippen LogP) is 4.41. The molecular weight excluding hydrogens is 355 g/mol. The zero-order valence-corrected chi connectivity index (χ0v) is 15.2. The molecule has 0 aliphatic carbocycles. The molecule has 136 valence electrons. The van der Waals surface area contributed by atoms with E-state index in [1.54, 1.807) is 17.0 Å². The Morgan fingerprint density at radius 2 is 1.92 bits per heavy atom. The van der Waals surface area contributed by atoms with Crippen molar-refractivity contribution in [3.8, 4) is 0 Å². The number of nitrogens with zero attached hydrogens (tertiary/aromatic N) is 2. The Morgan fingerprint density at radius 1 is 1.23 bits per heavy atom. The van der Waals surface area contributed by atoms with Gasteiger partial charge in [-0.25, -0.2) is 4.39 Å². The molecule has 1 heterocycles. The Bertz CT molecular complexity index is 790. The van der Waals surface area contributed by atoms with Crippen LogP contribution in [-0.2, 0) is 16.2 Å². The summed E-state index contributed by atoms with van der Waals surface area (Å²) in [4.78, 5) is 19.6. The molecule has 3 rings (SSSR count). The maximum absolute atomic E-state index is 13.1. The molecule has 4 nitrogen and oxygen atoms in total. The molecule has 0 spiro atoms. The molecule has 2 aromatic carbocycles. The van der Waals surface area contributed by atoms with Gasteiger partial charge in [-0.15, -0.1) is 0 Å². The van der Waals surface area contributed by atoms with Gasteiger partial charge in [0.25, 0.3) is 0 Å². The van der Waals surface area contributed by atoms with Gasteiger partial charge in [-0.2, -0.15) is 0 Å². The van der Waals surface area contributed by atoms with E-state index in [2.05, 4.69) is 5.16 Å². The van der Waals surface area contributed by atoms with Crippen molar-refractivity contribution in [2.75, 3.05) is 6.54 Å². The Balaban J connectivity index is 1.63. The molecule has 2 aromatic rings. The maximum Gasteiger partial charge on any atom is 0.222 e. The van der Waals surface area contributed by atoms with Gasteiger partial charge in [0.2, 0.25) is 5.91 Å². The van der Waals surface area contributed by atoms with E-state index in [1.807, 2.05) is 31.2 Å². The minimum Gasteiger partial charge on any atom is -0.390 e. The van der Waals surface area contributed by atoms with Gasteiger partial charge in [-0.1, -0.05) is 47.9 Å². The standard InChI is InChI=1S/C20H20ClFN2O2/c1-2-20(25)24(12-14-3-9-17(22)10-4-14)13-18-11-19(23-26-18)15-5-7-16(21)8-6-15/h3-10,18H,2,11-13H2,1H3/t18-/m0/s1. The summed E-state index contributed by atoms with van der Waals surface area (Å²) in [5.74, 6) is -0.264. The monoisotopic (exact) mass is 374 g/mol. The summed E-state index contributed by atoms with van der Waals surface area (Å²) in [6.07, 6.45) is 0.828. The minimum atomic E-state index is -0.290. The molecule has 0 bridgehead atoms. The molecule has 0 saturated carbocycles. The minimum absolute atomic E-state index is 0.0258. The summed E-state index contributed by atoms with van der Waals surface area (Å²) in [5.41, 5.74) is 2.69. The SMILES string of the molecule is CCC(=O)N(Cc1ccc(F)cc1)C[C@@H]1CC(c2ccc(Cl)cc2)=NO1. The van der Waals surface area contributed by atoms with Crippen molar-refractivity contribution in [2.24, 2.45) is 5.16 Å². The number of carbonyl (C=O) groups excluding carboxylic acids is 1. The molecule has 0 saturated heterocycles. The van der Waals surface area contributed by atoms with E-state index in [0.717, 1.165) is 16.8 Å². The average molecular weight is 375 g/mol. The van der Waals surface area contributed by atoms with Gasteiger partial charge < -0.3 is 9.74 Å². The van der Waals surface area contributed by atoms with Crippen molar-refractivity contribution < 1.29 is 14.0 Å². The first kappa shape index (κ1) is 18.4. The Hall–Kier alpha value is -2.40. The van der Waals surface area contributed by atoms with Crippen LogP contribution in [0.3, 0.4) is 0 Å². The van der Waals surface area contributed by atoms with Crippen molar-refractivity contribution in [1.82, 2.24) is 4.90 Å². The van der Waals surface area contributed by atoms with Crippen molar-refractivity contribution in [1.29, 1.82) is 0 Å². The van der Waals surface area contributed by atoms with Gasteiger partial charge in [0.1, 0.15) is 5.82 Å². The largest absolute Gasteiger partial charge is 0.390 e. The average Bonchev–Trinajstić information content (AvgIpc) is 3.11. The van der Waals surface area contributed by atoms with E-state index in [0.29, 0.717) is 31.0 Å². The lowest BCUT2D eigenvalue weighted by atomic mass is 10.0. The van der Waals surface area contributed by atoms with E-state index < -0.39 is 0 Å². The van der Waals surface area contributed by atoms with Crippen LogP contribution >= 0.6 is 11.6 Å². The summed E-state index contributed by atoms with van der Waals surface area (Å²) in [6, 6.07) is 13.6. The highest BCUT2D eigenvalue weighted by atomic mass is 35.5. The first-order valence-corrected chi connectivity index (χ1v) is 8.93. The van der Waals surface area contributed by atoms with Gasteiger partial charge in [0, 0.05) is 24.4 Å². The number of halogens is 2. The third-order valence-electron chi connectivity index (χ3n) is 4.28. The number of hydrogen-bond acceptors (Lipinski definition) is 3. The summed E-state index contributed by atoms with van der Waals surface area (Å²) in [5, 5.41) is 4.83. The van der Waals surface area contributed by atoms with Crippen LogP contribution in [0.5, 0.6) is 0 Å². The number of oxime groups is 1. The fourth-order valence-electron chi connectivity index (χ4n) is 2.87. The second-order valence-corrected chi connectivity index (χ2v) is 6.67. The molecule has 1 aliphatic rings. The molecular formula is C20H20ClFN2O2. The third-order valence-corrected chi connectivity index (χ3v) is 4.53. The molecule has 1 aliphatic heterocycles. The van der Waals surface area contributed by atoms with Crippen LogP contribution in [0.1, 0.15) is 30.9 Å². The summed E-state index contributed by atoms with van der Waals surface area (Å²) in [6.45, 7) is 2.68. The zero-order valence-electron chi connectivity index (χ0n) is 14.5. The highest BCUT2D eigenvalue weighted by Gasteiger charge is 2.26. The van der Waals surface area contributed by atoms with E-state index in [-0.39, 0.29) is 17.8 Å². The first-order valence-electron chi connectivity index (χ1n) is 8.56. The van der Waals surface area contributed by atoms with Crippen LogP contribution < -0.4 is 0 Å². The quantitative estimate of drug-likeness (QED) is 0.751. The van der Waals surface area contributed by atoms with Crippen molar-refractivity contribution in [3.05, 3.63) is 70.5 Å². The molecule has 6 heteroatoms. The molecule has 1 amide bonds. The molecule has 0 unspecified atom stereocenters. The lowest BCUT2D eigenvalue weighted by molar-refractivity contribution is -0.133. The fourth-order valence-corrected chi connectivity index (χ4v) is 3.00. The lowest BCUT2D eigenvalue weighted by Crippen LogP contribution is -2.36. The number of amides is 1. The number of carbonyl (C=O) groups is 1. The smallest absolute Gasteiger partial charge is 0.222 e. The zero-order chi connectivity index (χ0) is 18.5. The van der Waals surface area contributed by atoms with Crippen molar-refractivity contribution >= 4 is 23.2 Å². The second kappa shape index (κ2) is 8.32. The molecule has 0 radical (unpaired) electrons. The molecule has 1 atom stereocenters. The van der Waals surface area contributed by atoms with Gasteiger partial charge in [-0.3, -0.25) is 4.79 Å². The van der Waals surface area contributed by atoms with E-state index in [4.69, 9.17) is 16.4 Å². The fraction of sp³-hybridized carbons (Fsp3) is 0.300. The van der Waals surface area contributed by atoms with Crippen molar-refractivity contribution in [3.63, 3.8) is 0 Å². The van der Waals surface area contributed by atoms with Crippen LogP contribution in [0, 0.1) is 5.82 Å². The number of hydrogen-bond donors (Lipinski definition) is 0. The molecule has 0 N–H and O–H groups in total. The number of rotatable bonds is 6. The summed E-state index contributed by atoms with van der Waals surface area (Å²) < 4.78 is 13.1. The Labute approximate surface area is 157 Å². The Morgan fingerprint density at radius 3 is 2.58 bits per heavy atom. The highest BCUT2D eigenvalue weighted by Crippen LogP contribution is 2.20. The van der Waals surface area contributed by atoms with E-state index in [1.165, 1.54) is 12.1 Å². The highest BCUT2D eigenvalue weighted by molar-refractivity contribution is 6.30. The topological polar surface area (TPSA) is 41.9 Å². The van der Waals surface area contributed by atoms with E-state index in [9.17, 15) is 9.18 Å². The molecule has 26 heavy (non-hydrogen) atoms. The van der Waals surface area contributed by atoms with Crippen LogP contribution in [0.2, 0.25) is 5.02 Å². The third kappa shape index (κ3) is 4.61. The second-order valence-electron chi connectivity index (χ2n) is 6.23. The molecule has 0 fully saturated rings. The van der Waals surface area contributed by atoms with Gasteiger partial charge in [0.15, 0.2) is 6.10 Å². The Kier molecular flexibility index (Phi) is 5.89. The van der Waals surface area contributed by atoms with Crippen molar-refractivity contribution in [2.45, 2.75) is 32.4 Å². The first-order chi connectivity index (χ1) is 12.5. The predicted molar refractivity (Wildman–Crippen MR) is 99.6 cm³/mol. The maximum atomic E-state index is 13.1. The summed E-state index contributed by atoms with van der Waals surface area (Å²) >= 11 is 5.91. The lowest BCUT2D eigenvalue weighted by Gasteiger charge is -2.24. The van der Waals surface area contributed by atoms with Crippen LogP contribution in [-0.4, -0.2) is 29.2 Å².